The number of aryl methyl sites for hydroxylation is 1. The van der Waals surface area contributed by atoms with Gasteiger partial charge in [0, 0.05) is 13.1 Å². The Morgan fingerprint density at radius 2 is 2.20 bits per heavy atom. The highest BCUT2D eigenvalue weighted by Gasteiger charge is 2.27. The number of benzene rings is 1. The number of β-amino-alcohol motifs (C(OH)–C–C–N with tert-alkyl or cyclic N) is 1. The van der Waals surface area contributed by atoms with Gasteiger partial charge in [0.15, 0.2) is 0 Å². The van der Waals surface area contributed by atoms with Crippen molar-refractivity contribution in [3.63, 3.8) is 0 Å². The van der Waals surface area contributed by atoms with Gasteiger partial charge in [0.1, 0.15) is 5.82 Å². The van der Waals surface area contributed by atoms with E-state index < -0.39 is 23.7 Å². The number of amides is 2. The molecular formula is C14H17FN2O3. The van der Waals surface area contributed by atoms with Crippen LogP contribution in [-0.2, 0) is 9.59 Å². The highest BCUT2D eigenvalue weighted by atomic mass is 19.1. The lowest BCUT2D eigenvalue weighted by molar-refractivity contribution is -0.145. The average molecular weight is 280 g/mol. The van der Waals surface area contributed by atoms with Crippen molar-refractivity contribution >= 4 is 17.5 Å². The van der Waals surface area contributed by atoms with Gasteiger partial charge in [0.05, 0.1) is 11.8 Å². The SMILES string of the molecule is Cc1ccc(NC(=O)C(=O)N2CCCC(O)C2)c(F)c1. The fourth-order valence-corrected chi connectivity index (χ4v) is 2.18. The largest absolute Gasteiger partial charge is 0.391 e. The lowest BCUT2D eigenvalue weighted by Gasteiger charge is -2.29. The van der Waals surface area contributed by atoms with Crippen molar-refractivity contribution in [3.8, 4) is 0 Å². The van der Waals surface area contributed by atoms with Crippen LogP contribution in [0.4, 0.5) is 10.1 Å². The Morgan fingerprint density at radius 3 is 2.85 bits per heavy atom. The lowest BCUT2D eigenvalue weighted by Crippen LogP contribution is -2.46. The highest BCUT2D eigenvalue weighted by Crippen LogP contribution is 2.16. The summed E-state index contributed by atoms with van der Waals surface area (Å²) in [4.78, 5) is 25.0. The van der Waals surface area contributed by atoms with E-state index in [2.05, 4.69) is 5.32 Å². The molecule has 1 aliphatic rings. The number of carbonyl (C=O) groups excluding carboxylic acids is 2. The molecule has 2 rings (SSSR count). The Morgan fingerprint density at radius 1 is 1.45 bits per heavy atom. The van der Waals surface area contributed by atoms with Crippen molar-refractivity contribution < 1.29 is 19.1 Å². The number of aliphatic hydroxyl groups is 1. The van der Waals surface area contributed by atoms with Gasteiger partial charge < -0.3 is 15.3 Å². The molecule has 1 aromatic carbocycles. The van der Waals surface area contributed by atoms with Crippen LogP contribution in [0.3, 0.4) is 0 Å². The van der Waals surface area contributed by atoms with Crippen molar-refractivity contribution in [3.05, 3.63) is 29.6 Å². The second-order valence-electron chi connectivity index (χ2n) is 4.98. The molecule has 0 saturated carbocycles. The summed E-state index contributed by atoms with van der Waals surface area (Å²) in [5.74, 6) is -2.21. The molecule has 0 radical (unpaired) electrons. The zero-order valence-electron chi connectivity index (χ0n) is 11.2. The number of halogens is 1. The number of hydrogen-bond donors (Lipinski definition) is 2. The first-order valence-electron chi connectivity index (χ1n) is 6.52. The number of nitrogens with one attached hydrogen (secondary N) is 1. The first-order valence-corrected chi connectivity index (χ1v) is 6.52. The van der Waals surface area contributed by atoms with E-state index in [9.17, 15) is 19.1 Å². The monoisotopic (exact) mass is 280 g/mol. The van der Waals surface area contributed by atoms with Gasteiger partial charge in [-0.05, 0) is 37.5 Å². The van der Waals surface area contributed by atoms with E-state index >= 15 is 0 Å². The van der Waals surface area contributed by atoms with Crippen molar-refractivity contribution in [1.29, 1.82) is 0 Å². The number of rotatable bonds is 1. The van der Waals surface area contributed by atoms with Gasteiger partial charge in [-0.15, -0.1) is 0 Å². The van der Waals surface area contributed by atoms with Crippen LogP contribution in [0.15, 0.2) is 18.2 Å². The molecule has 6 heteroatoms. The van der Waals surface area contributed by atoms with Gasteiger partial charge in [-0.25, -0.2) is 4.39 Å². The van der Waals surface area contributed by atoms with Crippen molar-refractivity contribution in [2.75, 3.05) is 18.4 Å². The number of piperidine rings is 1. The average Bonchev–Trinajstić information content (AvgIpc) is 2.41. The number of carbonyl (C=O) groups is 2. The molecule has 0 spiro atoms. The van der Waals surface area contributed by atoms with Gasteiger partial charge in [-0.1, -0.05) is 6.07 Å². The molecule has 0 aliphatic carbocycles. The van der Waals surface area contributed by atoms with E-state index in [4.69, 9.17) is 0 Å². The molecular weight excluding hydrogens is 263 g/mol. The molecule has 20 heavy (non-hydrogen) atoms. The van der Waals surface area contributed by atoms with E-state index in [0.29, 0.717) is 19.4 Å². The molecule has 1 heterocycles. The van der Waals surface area contributed by atoms with Gasteiger partial charge in [-0.2, -0.15) is 0 Å². The number of likely N-dealkylation sites (tertiary alicyclic amines) is 1. The summed E-state index contributed by atoms with van der Waals surface area (Å²) < 4.78 is 13.6. The smallest absolute Gasteiger partial charge is 0.313 e. The number of aliphatic hydroxyl groups excluding tert-OH is 1. The van der Waals surface area contributed by atoms with Crippen LogP contribution in [0.1, 0.15) is 18.4 Å². The van der Waals surface area contributed by atoms with E-state index in [1.807, 2.05) is 0 Å². The third-order valence-corrected chi connectivity index (χ3v) is 3.25. The zero-order valence-corrected chi connectivity index (χ0v) is 11.2. The molecule has 1 unspecified atom stereocenters. The molecule has 1 atom stereocenters. The number of anilines is 1. The van der Waals surface area contributed by atoms with Gasteiger partial charge in [-0.3, -0.25) is 9.59 Å². The summed E-state index contributed by atoms with van der Waals surface area (Å²) in [7, 11) is 0. The highest BCUT2D eigenvalue weighted by molar-refractivity contribution is 6.39. The molecule has 5 nitrogen and oxygen atoms in total. The quantitative estimate of drug-likeness (QED) is 0.756. The minimum atomic E-state index is -0.887. The molecule has 0 bridgehead atoms. The Kier molecular flexibility index (Phi) is 4.34. The molecule has 1 aliphatic heterocycles. The van der Waals surface area contributed by atoms with Gasteiger partial charge in [0.2, 0.25) is 0 Å². The maximum Gasteiger partial charge on any atom is 0.313 e. The van der Waals surface area contributed by atoms with Crippen LogP contribution in [0.2, 0.25) is 0 Å². The Labute approximate surface area is 116 Å². The molecule has 1 saturated heterocycles. The summed E-state index contributed by atoms with van der Waals surface area (Å²) in [5, 5.41) is 11.8. The lowest BCUT2D eigenvalue weighted by atomic mass is 10.1. The maximum absolute atomic E-state index is 13.6. The number of nitrogens with zero attached hydrogens (tertiary/aromatic N) is 1. The predicted octanol–water partition coefficient (Wildman–Crippen LogP) is 1.06. The summed E-state index contributed by atoms with van der Waals surface area (Å²) in [5.41, 5.74) is 0.706. The maximum atomic E-state index is 13.6. The van der Waals surface area contributed by atoms with Gasteiger partial charge >= 0.3 is 11.8 Å². The van der Waals surface area contributed by atoms with Crippen LogP contribution < -0.4 is 5.32 Å². The first kappa shape index (κ1) is 14.5. The van der Waals surface area contributed by atoms with Crippen LogP contribution >= 0.6 is 0 Å². The molecule has 108 valence electrons. The van der Waals surface area contributed by atoms with E-state index in [-0.39, 0.29) is 12.2 Å². The van der Waals surface area contributed by atoms with Gasteiger partial charge in [0.25, 0.3) is 0 Å². The molecule has 2 N–H and O–H groups in total. The summed E-state index contributed by atoms with van der Waals surface area (Å²) in [6.45, 7) is 2.30. The fourth-order valence-electron chi connectivity index (χ4n) is 2.18. The standard InChI is InChI=1S/C14H17FN2O3/c1-9-4-5-12(11(15)7-9)16-13(19)14(20)17-6-2-3-10(18)8-17/h4-5,7,10,18H,2-3,6,8H2,1H3,(H,16,19). The molecule has 0 aromatic heterocycles. The minimum Gasteiger partial charge on any atom is -0.391 e. The summed E-state index contributed by atoms with van der Waals surface area (Å²) in [6.07, 6.45) is 0.675. The zero-order chi connectivity index (χ0) is 14.7. The Balaban J connectivity index is 2.02. The summed E-state index contributed by atoms with van der Waals surface area (Å²) in [6, 6.07) is 4.35. The molecule has 2 amide bonds. The van der Waals surface area contributed by atoms with E-state index in [0.717, 1.165) is 5.56 Å². The van der Waals surface area contributed by atoms with Crippen LogP contribution in [0.25, 0.3) is 0 Å². The Bertz CT molecular complexity index is 533. The topological polar surface area (TPSA) is 69.6 Å². The van der Waals surface area contributed by atoms with Crippen LogP contribution in [0.5, 0.6) is 0 Å². The van der Waals surface area contributed by atoms with Crippen molar-refractivity contribution in [1.82, 2.24) is 4.90 Å². The Hall–Kier alpha value is -1.95. The summed E-state index contributed by atoms with van der Waals surface area (Å²) >= 11 is 0. The molecule has 1 aromatic rings. The fraction of sp³-hybridized carbons (Fsp3) is 0.429. The number of hydrogen-bond acceptors (Lipinski definition) is 3. The second-order valence-corrected chi connectivity index (χ2v) is 4.98. The third kappa shape index (κ3) is 3.33. The first-order chi connectivity index (χ1) is 9.47. The van der Waals surface area contributed by atoms with Crippen molar-refractivity contribution in [2.24, 2.45) is 0 Å². The normalized spacial score (nSPS) is 18.8. The van der Waals surface area contributed by atoms with E-state index in [1.165, 1.54) is 17.0 Å². The van der Waals surface area contributed by atoms with Crippen LogP contribution in [-0.4, -0.2) is 41.0 Å². The second kappa shape index (κ2) is 6.00. The third-order valence-electron chi connectivity index (χ3n) is 3.25. The van der Waals surface area contributed by atoms with Crippen LogP contribution in [0, 0.1) is 12.7 Å². The minimum absolute atomic E-state index is 0.0218. The van der Waals surface area contributed by atoms with E-state index in [1.54, 1.807) is 13.0 Å². The molecule has 1 fully saturated rings. The van der Waals surface area contributed by atoms with Crippen molar-refractivity contribution in [2.45, 2.75) is 25.9 Å². The predicted molar refractivity (Wildman–Crippen MR) is 71.6 cm³/mol.